The standard InChI is InChI=1S/C11H13NO5S/c12-18(15,16)10-8(7-4-5-17-6-7)2-1-3-9(10)11(13)14/h1-3,7H,4-6H2,(H,13,14)(H2,12,15,16). The van der Waals surface area contributed by atoms with Crippen LogP contribution in [0.25, 0.3) is 0 Å². The third kappa shape index (κ3) is 2.38. The zero-order valence-corrected chi connectivity index (χ0v) is 10.3. The van der Waals surface area contributed by atoms with E-state index in [9.17, 15) is 13.2 Å². The van der Waals surface area contributed by atoms with Gasteiger partial charge in [0.15, 0.2) is 0 Å². The van der Waals surface area contributed by atoms with Crippen LogP contribution < -0.4 is 5.14 Å². The molecule has 0 amide bonds. The van der Waals surface area contributed by atoms with Crippen LogP contribution in [-0.2, 0) is 14.8 Å². The molecule has 7 heteroatoms. The number of carboxylic acids is 1. The summed E-state index contributed by atoms with van der Waals surface area (Å²) in [7, 11) is -4.08. The maximum atomic E-state index is 11.6. The molecule has 1 aromatic carbocycles. The van der Waals surface area contributed by atoms with E-state index in [1.54, 1.807) is 6.07 Å². The Morgan fingerprint density at radius 2 is 2.17 bits per heavy atom. The molecule has 0 saturated carbocycles. The SMILES string of the molecule is NS(=O)(=O)c1c(C(=O)O)cccc1C1CCOC1. The molecule has 0 bridgehead atoms. The maximum Gasteiger partial charge on any atom is 0.337 e. The number of hydrogen-bond acceptors (Lipinski definition) is 4. The second kappa shape index (κ2) is 4.68. The first-order valence-electron chi connectivity index (χ1n) is 5.38. The van der Waals surface area contributed by atoms with Crippen LogP contribution in [0.1, 0.15) is 28.3 Å². The van der Waals surface area contributed by atoms with Gasteiger partial charge < -0.3 is 9.84 Å². The van der Waals surface area contributed by atoms with Crippen molar-refractivity contribution < 1.29 is 23.1 Å². The fourth-order valence-corrected chi connectivity index (χ4v) is 3.17. The van der Waals surface area contributed by atoms with Gasteiger partial charge in [-0.1, -0.05) is 12.1 Å². The van der Waals surface area contributed by atoms with E-state index in [0.717, 1.165) is 0 Å². The van der Waals surface area contributed by atoms with Crippen molar-refractivity contribution >= 4 is 16.0 Å². The van der Waals surface area contributed by atoms with Crippen LogP contribution >= 0.6 is 0 Å². The Bertz CT molecular complexity index is 575. The molecule has 1 aliphatic rings. The smallest absolute Gasteiger partial charge is 0.337 e. The number of sulfonamides is 1. The van der Waals surface area contributed by atoms with Gasteiger partial charge in [0.25, 0.3) is 0 Å². The molecule has 1 aliphatic heterocycles. The fraction of sp³-hybridized carbons (Fsp3) is 0.364. The highest BCUT2D eigenvalue weighted by Crippen LogP contribution is 2.31. The Balaban J connectivity index is 2.65. The fourth-order valence-electron chi connectivity index (χ4n) is 2.14. The molecule has 18 heavy (non-hydrogen) atoms. The molecule has 1 heterocycles. The number of carbonyl (C=O) groups is 1. The highest BCUT2D eigenvalue weighted by Gasteiger charge is 2.28. The molecule has 6 nitrogen and oxygen atoms in total. The summed E-state index contributed by atoms with van der Waals surface area (Å²) in [5.41, 5.74) is 0.136. The zero-order valence-electron chi connectivity index (χ0n) is 9.50. The van der Waals surface area contributed by atoms with E-state index in [2.05, 4.69) is 0 Å². The van der Waals surface area contributed by atoms with Gasteiger partial charge in [-0.25, -0.2) is 18.4 Å². The van der Waals surface area contributed by atoms with E-state index in [1.165, 1.54) is 12.1 Å². The van der Waals surface area contributed by atoms with E-state index >= 15 is 0 Å². The summed E-state index contributed by atoms with van der Waals surface area (Å²) in [5, 5.41) is 14.2. The highest BCUT2D eigenvalue weighted by atomic mass is 32.2. The molecule has 0 spiro atoms. The minimum absolute atomic E-state index is 0.127. The molecule has 1 atom stereocenters. The second-order valence-electron chi connectivity index (χ2n) is 4.13. The zero-order chi connectivity index (χ0) is 13.3. The lowest BCUT2D eigenvalue weighted by molar-refractivity contribution is 0.0692. The van der Waals surface area contributed by atoms with Gasteiger partial charge in [-0.3, -0.25) is 0 Å². The first-order chi connectivity index (χ1) is 8.41. The van der Waals surface area contributed by atoms with Gasteiger partial charge in [0.2, 0.25) is 10.0 Å². The molecule has 1 fully saturated rings. The number of primary sulfonamides is 1. The molecule has 1 aromatic rings. The van der Waals surface area contributed by atoms with Gasteiger partial charge >= 0.3 is 5.97 Å². The summed E-state index contributed by atoms with van der Waals surface area (Å²) in [6.07, 6.45) is 0.658. The van der Waals surface area contributed by atoms with Crippen LogP contribution in [0, 0.1) is 0 Å². The lowest BCUT2D eigenvalue weighted by Crippen LogP contribution is -2.20. The Morgan fingerprint density at radius 3 is 2.67 bits per heavy atom. The van der Waals surface area contributed by atoms with Crippen LogP contribution in [0.4, 0.5) is 0 Å². The van der Waals surface area contributed by atoms with Gasteiger partial charge in [0.05, 0.1) is 17.1 Å². The van der Waals surface area contributed by atoms with Crippen molar-refractivity contribution in [1.82, 2.24) is 0 Å². The number of rotatable bonds is 3. The Kier molecular flexibility index (Phi) is 3.38. The van der Waals surface area contributed by atoms with Gasteiger partial charge in [0.1, 0.15) is 0 Å². The van der Waals surface area contributed by atoms with Crippen molar-refractivity contribution in [3.63, 3.8) is 0 Å². The lowest BCUT2D eigenvalue weighted by atomic mass is 9.96. The summed E-state index contributed by atoms with van der Waals surface area (Å²) in [4.78, 5) is 10.8. The van der Waals surface area contributed by atoms with Crippen molar-refractivity contribution in [2.75, 3.05) is 13.2 Å². The van der Waals surface area contributed by atoms with Crippen molar-refractivity contribution in [3.05, 3.63) is 29.3 Å². The van der Waals surface area contributed by atoms with Gasteiger partial charge in [0, 0.05) is 12.5 Å². The number of aromatic carboxylic acids is 1. The van der Waals surface area contributed by atoms with Crippen LogP contribution in [0.15, 0.2) is 23.1 Å². The van der Waals surface area contributed by atoms with Crippen molar-refractivity contribution in [2.45, 2.75) is 17.2 Å². The van der Waals surface area contributed by atoms with Gasteiger partial charge in [-0.15, -0.1) is 0 Å². The summed E-state index contributed by atoms with van der Waals surface area (Å²) in [6.45, 7) is 0.914. The number of ether oxygens (including phenoxy) is 1. The predicted molar refractivity (Wildman–Crippen MR) is 63.0 cm³/mol. The Hall–Kier alpha value is -1.44. The highest BCUT2D eigenvalue weighted by molar-refractivity contribution is 7.89. The molecule has 1 unspecified atom stereocenters. The third-order valence-corrected chi connectivity index (χ3v) is 3.95. The van der Waals surface area contributed by atoms with E-state index in [0.29, 0.717) is 25.2 Å². The summed E-state index contributed by atoms with van der Waals surface area (Å²) in [5.74, 6) is -1.43. The largest absolute Gasteiger partial charge is 0.478 e. The van der Waals surface area contributed by atoms with Gasteiger partial charge in [-0.05, 0) is 18.1 Å². The van der Waals surface area contributed by atoms with Crippen molar-refractivity contribution in [3.8, 4) is 0 Å². The Morgan fingerprint density at radius 1 is 1.44 bits per heavy atom. The predicted octanol–water partition coefficient (Wildman–Crippen LogP) is 0.536. The molecule has 2 rings (SSSR count). The lowest BCUT2D eigenvalue weighted by Gasteiger charge is -2.14. The average Bonchev–Trinajstić information content (AvgIpc) is 2.80. The summed E-state index contributed by atoms with van der Waals surface area (Å²) < 4.78 is 28.4. The minimum atomic E-state index is -4.08. The quantitative estimate of drug-likeness (QED) is 0.834. The molecule has 3 N–H and O–H groups in total. The van der Waals surface area contributed by atoms with Crippen molar-refractivity contribution in [2.24, 2.45) is 5.14 Å². The summed E-state index contributed by atoms with van der Waals surface area (Å²) in [6, 6.07) is 4.35. The number of nitrogens with two attached hydrogens (primary N) is 1. The maximum absolute atomic E-state index is 11.6. The van der Waals surface area contributed by atoms with Crippen LogP contribution in [-0.4, -0.2) is 32.7 Å². The third-order valence-electron chi connectivity index (χ3n) is 2.93. The second-order valence-corrected chi connectivity index (χ2v) is 5.63. The van der Waals surface area contributed by atoms with Crippen LogP contribution in [0.2, 0.25) is 0 Å². The number of carboxylic acid groups (broad SMARTS) is 1. The first kappa shape index (κ1) is 13.0. The van der Waals surface area contributed by atoms with Crippen LogP contribution in [0.5, 0.6) is 0 Å². The van der Waals surface area contributed by atoms with E-state index < -0.39 is 16.0 Å². The molecular weight excluding hydrogens is 258 g/mol. The monoisotopic (exact) mass is 271 g/mol. The topological polar surface area (TPSA) is 107 Å². The molecule has 1 saturated heterocycles. The molecule has 98 valence electrons. The molecule has 0 aromatic heterocycles. The van der Waals surface area contributed by atoms with E-state index in [4.69, 9.17) is 15.0 Å². The minimum Gasteiger partial charge on any atom is -0.478 e. The van der Waals surface area contributed by atoms with Gasteiger partial charge in [-0.2, -0.15) is 0 Å². The van der Waals surface area contributed by atoms with E-state index in [-0.39, 0.29) is 16.4 Å². The molecule has 0 aliphatic carbocycles. The van der Waals surface area contributed by atoms with Crippen molar-refractivity contribution in [1.29, 1.82) is 0 Å². The average molecular weight is 271 g/mol. The molecular formula is C11H13NO5S. The molecule has 0 radical (unpaired) electrons. The summed E-state index contributed by atoms with van der Waals surface area (Å²) >= 11 is 0. The normalized spacial score (nSPS) is 19.9. The van der Waals surface area contributed by atoms with E-state index in [1.807, 2.05) is 0 Å². The first-order valence-corrected chi connectivity index (χ1v) is 6.92. The number of hydrogen-bond donors (Lipinski definition) is 2. The Labute approximate surface area is 104 Å². The van der Waals surface area contributed by atoms with Crippen LogP contribution in [0.3, 0.4) is 0 Å². The number of benzene rings is 1.